The largest absolute Gasteiger partial charge is 0.481 e. The number of carboxylic acids is 1. The Kier molecular flexibility index (Phi) is 2.92. The van der Waals surface area contributed by atoms with Crippen molar-refractivity contribution in [2.75, 3.05) is 6.61 Å². The van der Waals surface area contributed by atoms with Gasteiger partial charge in [-0.3, -0.25) is 9.59 Å². The molecule has 0 aromatic heterocycles. The van der Waals surface area contributed by atoms with Gasteiger partial charge in [0.25, 0.3) is 0 Å². The van der Waals surface area contributed by atoms with Gasteiger partial charge in [-0.05, 0) is 68.3 Å². The summed E-state index contributed by atoms with van der Waals surface area (Å²) in [6.45, 7) is 6.03. The number of fused-ring (bicyclic) bond motifs is 1. The van der Waals surface area contributed by atoms with Gasteiger partial charge in [0, 0.05) is 5.41 Å². The molecule has 1 heterocycles. The molecule has 0 amide bonds. The van der Waals surface area contributed by atoms with E-state index in [-0.39, 0.29) is 30.8 Å². The maximum atomic E-state index is 12.7. The SMILES string of the molecule is C=C1C[C@]23C[C@@]1(O)CC[C@H]2[C@]12COC(=O)[C@](C)(C[C@@H](O)C1)[C@H]2[C@@H]3C(=O)O. The molecule has 0 aromatic rings. The lowest BCUT2D eigenvalue weighted by Crippen LogP contribution is -2.61. The first-order valence-electron chi connectivity index (χ1n) is 9.58. The second-order valence-corrected chi connectivity index (χ2v) is 9.90. The van der Waals surface area contributed by atoms with E-state index in [1.165, 1.54) is 0 Å². The van der Waals surface area contributed by atoms with Crippen molar-refractivity contribution in [3.8, 4) is 0 Å². The van der Waals surface area contributed by atoms with Crippen molar-refractivity contribution in [2.45, 2.75) is 57.2 Å². The molecule has 0 radical (unpaired) electrons. The maximum Gasteiger partial charge on any atom is 0.312 e. The summed E-state index contributed by atoms with van der Waals surface area (Å²) in [5, 5.41) is 31.9. The topological polar surface area (TPSA) is 104 Å². The standard InChI is InChI=1S/C20H26O6/c1-10-5-18-8-20(10,25)4-3-12(18)19-7-11(21)6-17(2,16(24)26-9-19)14(19)13(18)15(22)23/h11-14,21,25H,1,3-9H2,2H3,(H,22,23)/t11-,12-,13-,14-,17-,18+,19-,20+/m1/s1. The molecule has 4 saturated carbocycles. The molecule has 6 nitrogen and oxygen atoms in total. The highest BCUT2D eigenvalue weighted by Crippen LogP contribution is 2.79. The summed E-state index contributed by atoms with van der Waals surface area (Å²) in [6.07, 6.45) is 2.25. The zero-order valence-electron chi connectivity index (χ0n) is 15.0. The van der Waals surface area contributed by atoms with Crippen molar-refractivity contribution >= 4 is 11.9 Å². The number of carbonyl (C=O) groups excluding carboxylic acids is 1. The third-order valence-corrected chi connectivity index (χ3v) is 8.79. The predicted octanol–water partition coefficient (Wildman–Crippen LogP) is 1.50. The number of hydrogen-bond acceptors (Lipinski definition) is 5. The van der Waals surface area contributed by atoms with Gasteiger partial charge in [-0.2, -0.15) is 0 Å². The Hall–Kier alpha value is -1.40. The van der Waals surface area contributed by atoms with Crippen molar-refractivity contribution in [1.82, 2.24) is 0 Å². The molecule has 1 saturated heterocycles. The van der Waals surface area contributed by atoms with E-state index in [4.69, 9.17) is 4.74 Å². The molecule has 4 aliphatic carbocycles. The number of rotatable bonds is 1. The van der Waals surface area contributed by atoms with Gasteiger partial charge in [0.15, 0.2) is 0 Å². The first-order chi connectivity index (χ1) is 12.1. The smallest absolute Gasteiger partial charge is 0.312 e. The highest BCUT2D eigenvalue weighted by atomic mass is 16.5. The lowest BCUT2D eigenvalue weighted by atomic mass is 9.50. The van der Waals surface area contributed by atoms with Gasteiger partial charge in [-0.15, -0.1) is 0 Å². The van der Waals surface area contributed by atoms with E-state index in [2.05, 4.69) is 6.58 Å². The number of esters is 1. The Balaban J connectivity index is 1.76. The molecule has 4 bridgehead atoms. The molecule has 1 spiro atoms. The predicted molar refractivity (Wildman–Crippen MR) is 89.8 cm³/mol. The molecule has 142 valence electrons. The average Bonchev–Trinajstić information content (AvgIpc) is 2.89. The Morgan fingerprint density at radius 1 is 1.31 bits per heavy atom. The van der Waals surface area contributed by atoms with E-state index < -0.39 is 39.8 Å². The van der Waals surface area contributed by atoms with Crippen molar-refractivity contribution in [3.05, 3.63) is 12.2 Å². The quantitative estimate of drug-likeness (QED) is 0.482. The lowest BCUT2D eigenvalue weighted by Gasteiger charge is -2.56. The van der Waals surface area contributed by atoms with Crippen LogP contribution in [0.25, 0.3) is 0 Å². The van der Waals surface area contributed by atoms with E-state index in [0.717, 1.165) is 5.57 Å². The van der Waals surface area contributed by atoms with Crippen LogP contribution < -0.4 is 0 Å². The first kappa shape index (κ1) is 16.8. The number of ether oxygens (including phenoxy) is 1. The monoisotopic (exact) mass is 362 g/mol. The second-order valence-electron chi connectivity index (χ2n) is 9.90. The fourth-order valence-electron chi connectivity index (χ4n) is 8.26. The minimum atomic E-state index is -0.993. The highest BCUT2D eigenvalue weighted by Gasteiger charge is 2.80. The van der Waals surface area contributed by atoms with Crippen LogP contribution in [-0.2, 0) is 14.3 Å². The van der Waals surface area contributed by atoms with Crippen LogP contribution in [0.15, 0.2) is 12.2 Å². The number of aliphatic hydroxyl groups is 2. The zero-order valence-corrected chi connectivity index (χ0v) is 15.0. The van der Waals surface area contributed by atoms with Gasteiger partial charge in [0.2, 0.25) is 0 Å². The van der Waals surface area contributed by atoms with E-state index in [1.54, 1.807) is 6.92 Å². The normalized spacial score (nSPS) is 57.3. The maximum absolute atomic E-state index is 12.7. The van der Waals surface area contributed by atoms with E-state index in [0.29, 0.717) is 32.1 Å². The van der Waals surface area contributed by atoms with E-state index >= 15 is 0 Å². The molecule has 5 aliphatic rings. The van der Waals surface area contributed by atoms with Crippen molar-refractivity contribution in [2.24, 2.45) is 34.0 Å². The highest BCUT2D eigenvalue weighted by molar-refractivity contribution is 5.82. The summed E-state index contributed by atoms with van der Waals surface area (Å²) in [6, 6.07) is 0. The summed E-state index contributed by atoms with van der Waals surface area (Å²) in [7, 11) is 0. The van der Waals surface area contributed by atoms with Crippen LogP contribution in [0.4, 0.5) is 0 Å². The first-order valence-corrected chi connectivity index (χ1v) is 9.58. The van der Waals surface area contributed by atoms with E-state index in [9.17, 15) is 24.9 Å². The van der Waals surface area contributed by atoms with Gasteiger partial charge in [0.1, 0.15) is 0 Å². The number of aliphatic hydroxyl groups excluding tert-OH is 1. The van der Waals surface area contributed by atoms with E-state index in [1.807, 2.05) is 0 Å². The summed E-state index contributed by atoms with van der Waals surface area (Å²) in [5.41, 5.74) is -2.37. The van der Waals surface area contributed by atoms with Crippen LogP contribution >= 0.6 is 0 Å². The van der Waals surface area contributed by atoms with Crippen LogP contribution in [0.5, 0.6) is 0 Å². The Morgan fingerprint density at radius 2 is 2.04 bits per heavy atom. The van der Waals surface area contributed by atoms with Crippen LogP contribution in [-0.4, -0.2) is 45.6 Å². The van der Waals surface area contributed by atoms with Crippen molar-refractivity contribution in [1.29, 1.82) is 0 Å². The van der Waals surface area contributed by atoms with Crippen LogP contribution in [0.1, 0.15) is 45.4 Å². The molecule has 6 heteroatoms. The Labute approximate surface area is 152 Å². The van der Waals surface area contributed by atoms with Crippen LogP contribution in [0, 0.1) is 34.0 Å². The summed E-state index contributed by atoms with van der Waals surface area (Å²) < 4.78 is 5.61. The number of aliphatic carboxylic acids is 1. The summed E-state index contributed by atoms with van der Waals surface area (Å²) in [5.74, 6) is -2.34. The molecular formula is C20H26O6. The number of carbonyl (C=O) groups is 2. The van der Waals surface area contributed by atoms with Crippen LogP contribution in [0.2, 0.25) is 0 Å². The third-order valence-electron chi connectivity index (χ3n) is 8.79. The average molecular weight is 362 g/mol. The Morgan fingerprint density at radius 3 is 2.73 bits per heavy atom. The molecule has 5 rings (SSSR count). The second kappa shape index (κ2) is 4.53. The summed E-state index contributed by atoms with van der Waals surface area (Å²) >= 11 is 0. The minimum absolute atomic E-state index is 0.0167. The number of hydrogen-bond donors (Lipinski definition) is 3. The molecule has 0 aromatic carbocycles. The molecule has 1 aliphatic heterocycles. The number of carboxylic acid groups (broad SMARTS) is 1. The van der Waals surface area contributed by atoms with Gasteiger partial charge >= 0.3 is 11.9 Å². The van der Waals surface area contributed by atoms with Gasteiger partial charge in [-0.1, -0.05) is 6.58 Å². The third kappa shape index (κ3) is 1.58. The molecule has 3 N–H and O–H groups in total. The molecule has 0 unspecified atom stereocenters. The van der Waals surface area contributed by atoms with Crippen LogP contribution in [0.3, 0.4) is 0 Å². The fourth-order valence-corrected chi connectivity index (χ4v) is 8.26. The fraction of sp³-hybridized carbons (Fsp3) is 0.800. The number of cyclic esters (lactones) is 1. The molecule has 26 heavy (non-hydrogen) atoms. The molecule has 8 atom stereocenters. The van der Waals surface area contributed by atoms with Gasteiger partial charge in [0.05, 0.1) is 29.6 Å². The molecule has 5 fully saturated rings. The zero-order chi connectivity index (χ0) is 18.7. The van der Waals surface area contributed by atoms with Gasteiger partial charge in [-0.25, -0.2) is 0 Å². The minimum Gasteiger partial charge on any atom is -0.481 e. The van der Waals surface area contributed by atoms with Crippen molar-refractivity contribution in [3.63, 3.8) is 0 Å². The Bertz CT molecular complexity index is 747. The molecular weight excluding hydrogens is 336 g/mol. The lowest BCUT2D eigenvalue weighted by molar-refractivity contribution is -0.212. The summed E-state index contributed by atoms with van der Waals surface area (Å²) in [4.78, 5) is 25.3. The van der Waals surface area contributed by atoms with Crippen molar-refractivity contribution < 1.29 is 29.6 Å². The van der Waals surface area contributed by atoms with Gasteiger partial charge < -0.3 is 20.1 Å².